The van der Waals surface area contributed by atoms with Crippen LogP contribution in [0.4, 0.5) is 0 Å². The fourth-order valence-corrected chi connectivity index (χ4v) is 2.20. The van der Waals surface area contributed by atoms with Crippen molar-refractivity contribution in [3.63, 3.8) is 0 Å². The molecule has 1 aromatic heterocycles. The lowest BCUT2D eigenvalue weighted by Crippen LogP contribution is -2.02. The molecule has 2 rings (SSSR count). The molecule has 2 aromatic rings. The van der Waals surface area contributed by atoms with Crippen LogP contribution in [0.2, 0.25) is 0 Å². The lowest BCUT2D eigenvalue weighted by atomic mass is 10.1. The van der Waals surface area contributed by atoms with Crippen molar-refractivity contribution in [2.24, 2.45) is 0 Å². The van der Waals surface area contributed by atoms with Crippen LogP contribution in [0.5, 0.6) is 0 Å². The quantitative estimate of drug-likeness (QED) is 0.752. The van der Waals surface area contributed by atoms with E-state index in [1.807, 2.05) is 29.1 Å². The fraction of sp³-hybridized carbons (Fsp3) is 0.500. The van der Waals surface area contributed by atoms with Crippen molar-refractivity contribution < 1.29 is 5.11 Å². The number of aliphatic hydroxyl groups is 1. The molecule has 0 aliphatic heterocycles. The summed E-state index contributed by atoms with van der Waals surface area (Å²) in [7, 11) is 0. The van der Waals surface area contributed by atoms with Gasteiger partial charge < -0.3 is 5.11 Å². The van der Waals surface area contributed by atoms with Gasteiger partial charge in [-0.05, 0) is 18.4 Å². The second kappa shape index (κ2) is 7.80. The Morgan fingerprint density at radius 3 is 2.75 bits per heavy atom. The van der Waals surface area contributed by atoms with Gasteiger partial charge in [-0.15, -0.1) is 5.10 Å². The second-order valence-electron chi connectivity index (χ2n) is 5.15. The number of aryl methyl sites for hydroxylation is 2. The van der Waals surface area contributed by atoms with Gasteiger partial charge in [0.05, 0.1) is 12.3 Å². The summed E-state index contributed by atoms with van der Waals surface area (Å²) < 4.78 is 1.81. The Hall–Kier alpha value is -1.68. The van der Waals surface area contributed by atoms with E-state index in [4.69, 9.17) is 0 Å². The third-order valence-electron chi connectivity index (χ3n) is 3.45. The van der Waals surface area contributed by atoms with Crippen molar-refractivity contribution in [1.82, 2.24) is 15.0 Å². The Labute approximate surface area is 120 Å². The monoisotopic (exact) mass is 273 g/mol. The van der Waals surface area contributed by atoms with E-state index in [0.717, 1.165) is 38.6 Å². The zero-order valence-electron chi connectivity index (χ0n) is 12.1. The highest BCUT2D eigenvalue weighted by Crippen LogP contribution is 2.17. The van der Waals surface area contributed by atoms with Crippen LogP contribution in [0, 0.1) is 0 Å². The molecule has 1 unspecified atom stereocenters. The molecule has 20 heavy (non-hydrogen) atoms. The smallest absolute Gasteiger partial charge is 0.111 e. The highest BCUT2D eigenvalue weighted by molar-refractivity contribution is 5.14. The molecular formula is C16H23N3O. The Morgan fingerprint density at radius 1 is 1.20 bits per heavy atom. The normalized spacial score (nSPS) is 12.5. The average Bonchev–Trinajstić information content (AvgIpc) is 2.95. The van der Waals surface area contributed by atoms with E-state index in [1.165, 1.54) is 5.56 Å². The van der Waals surface area contributed by atoms with E-state index in [-0.39, 0.29) is 0 Å². The molecule has 1 heterocycles. The Bertz CT molecular complexity index is 495. The first-order valence-electron chi connectivity index (χ1n) is 7.41. The standard InChI is InChI=1S/C16H23N3O/c1-2-3-5-10-16(20)15-13-19(18-17-15)12-11-14-8-6-4-7-9-14/h4,6-9,13,16,20H,2-3,5,10-12H2,1H3. The van der Waals surface area contributed by atoms with E-state index in [0.29, 0.717) is 5.69 Å². The summed E-state index contributed by atoms with van der Waals surface area (Å²) in [4.78, 5) is 0. The number of aliphatic hydroxyl groups excluding tert-OH is 1. The number of aromatic nitrogens is 3. The molecule has 0 saturated heterocycles. The van der Waals surface area contributed by atoms with Gasteiger partial charge in [-0.1, -0.05) is 61.7 Å². The van der Waals surface area contributed by atoms with Crippen LogP contribution < -0.4 is 0 Å². The lowest BCUT2D eigenvalue weighted by Gasteiger charge is -2.05. The number of nitrogens with zero attached hydrogens (tertiary/aromatic N) is 3. The molecule has 0 fully saturated rings. The Morgan fingerprint density at radius 2 is 2.00 bits per heavy atom. The largest absolute Gasteiger partial charge is 0.387 e. The third-order valence-corrected chi connectivity index (χ3v) is 3.45. The SMILES string of the molecule is CCCCCC(O)c1cn(CCc2ccccc2)nn1. The summed E-state index contributed by atoms with van der Waals surface area (Å²) in [6.45, 7) is 2.95. The van der Waals surface area contributed by atoms with Gasteiger partial charge in [0.15, 0.2) is 0 Å². The average molecular weight is 273 g/mol. The maximum atomic E-state index is 10.0. The molecule has 0 amide bonds. The van der Waals surface area contributed by atoms with Gasteiger partial charge in [0.2, 0.25) is 0 Å². The van der Waals surface area contributed by atoms with Gasteiger partial charge >= 0.3 is 0 Å². The van der Waals surface area contributed by atoms with Gasteiger partial charge in [-0.25, -0.2) is 0 Å². The van der Waals surface area contributed by atoms with E-state index in [1.54, 1.807) is 0 Å². The van der Waals surface area contributed by atoms with Gasteiger partial charge in [0.25, 0.3) is 0 Å². The van der Waals surface area contributed by atoms with Crippen LogP contribution >= 0.6 is 0 Å². The van der Waals surface area contributed by atoms with Crippen molar-refractivity contribution in [3.05, 3.63) is 47.8 Å². The number of rotatable bonds is 8. The minimum atomic E-state index is -0.480. The molecule has 0 spiro atoms. The van der Waals surface area contributed by atoms with Crippen molar-refractivity contribution >= 4 is 0 Å². The van der Waals surface area contributed by atoms with Gasteiger partial charge in [-0.3, -0.25) is 4.68 Å². The summed E-state index contributed by atoms with van der Waals surface area (Å²) in [6.07, 6.45) is 6.43. The van der Waals surface area contributed by atoms with Crippen LogP contribution in [0.3, 0.4) is 0 Å². The van der Waals surface area contributed by atoms with Crippen molar-refractivity contribution in [1.29, 1.82) is 0 Å². The summed E-state index contributed by atoms with van der Waals surface area (Å²) in [5.74, 6) is 0. The van der Waals surface area contributed by atoms with Gasteiger partial charge in [0.1, 0.15) is 5.69 Å². The number of hydrogen-bond donors (Lipinski definition) is 1. The van der Waals surface area contributed by atoms with Crippen molar-refractivity contribution in [2.45, 2.75) is 51.7 Å². The zero-order valence-corrected chi connectivity index (χ0v) is 12.1. The molecule has 0 aliphatic rings. The maximum absolute atomic E-state index is 10.0. The van der Waals surface area contributed by atoms with Crippen molar-refractivity contribution in [3.8, 4) is 0 Å². The highest BCUT2D eigenvalue weighted by atomic mass is 16.3. The first-order valence-corrected chi connectivity index (χ1v) is 7.41. The van der Waals surface area contributed by atoms with Crippen LogP contribution in [-0.2, 0) is 13.0 Å². The van der Waals surface area contributed by atoms with Crippen LogP contribution in [0.15, 0.2) is 36.5 Å². The molecule has 1 aromatic carbocycles. The molecule has 108 valence electrons. The lowest BCUT2D eigenvalue weighted by molar-refractivity contribution is 0.159. The summed E-state index contributed by atoms with van der Waals surface area (Å²) in [5, 5.41) is 18.2. The summed E-state index contributed by atoms with van der Waals surface area (Å²) in [6, 6.07) is 10.3. The van der Waals surface area contributed by atoms with Crippen molar-refractivity contribution in [2.75, 3.05) is 0 Å². The number of unbranched alkanes of at least 4 members (excludes halogenated alkanes) is 2. The summed E-state index contributed by atoms with van der Waals surface area (Å²) >= 11 is 0. The van der Waals surface area contributed by atoms with Crippen LogP contribution in [-0.4, -0.2) is 20.1 Å². The van der Waals surface area contributed by atoms with E-state index in [2.05, 4.69) is 29.4 Å². The highest BCUT2D eigenvalue weighted by Gasteiger charge is 2.11. The zero-order chi connectivity index (χ0) is 14.2. The molecule has 0 bridgehead atoms. The molecular weight excluding hydrogens is 250 g/mol. The fourth-order valence-electron chi connectivity index (χ4n) is 2.20. The topological polar surface area (TPSA) is 50.9 Å². The first kappa shape index (κ1) is 14.7. The molecule has 0 saturated carbocycles. The minimum absolute atomic E-state index is 0.480. The first-order chi connectivity index (χ1) is 9.79. The molecule has 1 N–H and O–H groups in total. The number of hydrogen-bond acceptors (Lipinski definition) is 3. The second-order valence-corrected chi connectivity index (χ2v) is 5.15. The third kappa shape index (κ3) is 4.46. The molecule has 4 heteroatoms. The van der Waals surface area contributed by atoms with Crippen LogP contribution in [0.25, 0.3) is 0 Å². The van der Waals surface area contributed by atoms with E-state index >= 15 is 0 Å². The molecule has 0 aliphatic carbocycles. The van der Waals surface area contributed by atoms with Gasteiger partial charge in [0, 0.05) is 6.54 Å². The molecule has 1 atom stereocenters. The van der Waals surface area contributed by atoms with E-state index in [9.17, 15) is 5.11 Å². The molecule has 0 radical (unpaired) electrons. The maximum Gasteiger partial charge on any atom is 0.111 e. The van der Waals surface area contributed by atoms with Crippen LogP contribution in [0.1, 0.15) is 50.0 Å². The Balaban J connectivity index is 1.82. The number of benzene rings is 1. The Kier molecular flexibility index (Phi) is 5.74. The summed E-state index contributed by atoms with van der Waals surface area (Å²) in [5.41, 5.74) is 1.97. The molecule has 4 nitrogen and oxygen atoms in total. The van der Waals surface area contributed by atoms with E-state index < -0.39 is 6.10 Å². The predicted molar refractivity (Wildman–Crippen MR) is 79.3 cm³/mol. The minimum Gasteiger partial charge on any atom is -0.387 e. The predicted octanol–water partition coefficient (Wildman–Crippen LogP) is 3.13. The van der Waals surface area contributed by atoms with Gasteiger partial charge in [-0.2, -0.15) is 0 Å².